The van der Waals surface area contributed by atoms with E-state index in [-0.39, 0.29) is 12.6 Å². The van der Waals surface area contributed by atoms with E-state index in [9.17, 15) is 4.79 Å². The molecule has 0 radical (unpaired) electrons. The number of esters is 1. The molecule has 6 rings (SSSR count). The lowest BCUT2D eigenvalue weighted by Gasteiger charge is -2.23. The zero-order valence-corrected chi connectivity index (χ0v) is 20.6. The molecule has 2 aromatic carbocycles. The molecule has 1 fully saturated rings. The molecule has 1 saturated heterocycles. The van der Waals surface area contributed by atoms with Crippen molar-refractivity contribution in [3.8, 4) is 0 Å². The molecule has 8 nitrogen and oxygen atoms in total. The summed E-state index contributed by atoms with van der Waals surface area (Å²) in [6, 6.07) is 19.6. The molecular weight excluding hydrogens is 464 g/mol. The molecule has 0 aliphatic carbocycles. The highest BCUT2D eigenvalue weighted by Crippen LogP contribution is 2.28. The molecule has 0 unspecified atom stereocenters. The van der Waals surface area contributed by atoms with Crippen LogP contribution in [-0.2, 0) is 17.8 Å². The lowest BCUT2D eigenvalue weighted by atomic mass is 9.98. The summed E-state index contributed by atoms with van der Waals surface area (Å²) >= 11 is 0. The van der Waals surface area contributed by atoms with E-state index >= 15 is 0 Å². The van der Waals surface area contributed by atoms with Gasteiger partial charge in [-0.15, -0.1) is 0 Å². The summed E-state index contributed by atoms with van der Waals surface area (Å²) in [5.74, 6) is 1.12. The van der Waals surface area contributed by atoms with Gasteiger partial charge < -0.3 is 24.5 Å². The Morgan fingerprint density at radius 1 is 1.00 bits per heavy atom. The molecule has 4 heterocycles. The van der Waals surface area contributed by atoms with Crippen LogP contribution >= 0.6 is 0 Å². The number of anilines is 2. The monoisotopic (exact) mass is 494 g/mol. The van der Waals surface area contributed by atoms with Gasteiger partial charge in [0.05, 0.1) is 17.6 Å². The number of nitrogens with one attached hydrogen (secondary N) is 2. The summed E-state index contributed by atoms with van der Waals surface area (Å²) in [5.41, 5.74) is 4.48. The molecule has 1 aliphatic rings. The van der Waals surface area contributed by atoms with Crippen molar-refractivity contribution in [2.24, 2.45) is 5.92 Å². The van der Waals surface area contributed by atoms with Gasteiger partial charge in [0, 0.05) is 35.5 Å². The van der Waals surface area contributed by atoms with Gasteiger partial charge in [-0.3, -0.25) is 0 Å². The predicted molar refractivity (Wildman–Crippen MR) is 145 cm³/mol. The van der Waals surface area contributed by atoms with E-state index in [1.165, 1.54) is 23.7 Å². The van der Waals surface area contributed by atoms with Crippen LogP contribution < -0.4 is 10.6 Å². The van der Waals surface area contributed by atoms with Gasteiger partial charge in [-0.2, -0.15) is 0 Å². The Bertz CT molecular complexity index is 1520. The Balaban J connectivity index is 1.17. The number of ether oxygens (including phenoxy) is 1. The van der Waals surface area contributed by atoms with Gasteiger partial charge in [0.1, 0.15) is 18.5 Å². The quantitative estimate of drug-likeness (QED) is 0.296. The van der Waals surface area contributed by atoms with E-state index in [0.717, 1.165) is 48.1 Å². The van der Waals surface area contributed by atoms with E-state index in [1.807, 2.05) is 35.0 Å². The second-order valence-corrected chi connectivity index (χ2v) is 9.53. The van der Waals surface area contributed by atoms with Gasteiger partial charge in [0.2, 0.25) is 0 Å². The van der Waals surface area contributed by atoms with Gasteiger partial charge in [-0.25, -0.2) is 14.8 Å². The van der Waals surface area contributed by atoms with Crippen molar-refractivity contribution in [1.29, 1.82) is 0 Å². The molecule has 1 aliphatic heterocycles. The maximum Gasteiger partial charge on any atom is 0.338 e. The molecular formula is C29H30N6O2. The van der Waals surface area contributed by atoms with Crippen molar-refractivity contribution in [1.82, 2.24) is 24.4 Å². The molecule has 37 heavy (non-hydrogen) atoms. The van der Waals surface area contributed by atoms with Crippen LogP contribution in [0, 0.1) is 5.92 Å². The van der Waals surface area contributed by atoms with Crippen LogP contribution in [0.1, 0.15) is 23.2 Å². The minimum Gasteiger partial charge on any atom is -0.460 e. The van der Waals surface area contributed by atoms with Crippen molar-refractivity contribution >= 4 is 39.4 Å². The summed E-state index contributed by atoms with van der Waals surface area (Å²) in [5, 5.41) is 8.13. The molecule has 8 heteroatoms. The number of nitrogens with zero attached hydrogens (tertiary/aromatic N) is 4. The highest BCUT2D eigenvalue weighted by atomic mass is 16.5. The third kappa shape index (κ3) is 5.06. The Labute approximate surface area is 215 Å². The lowest BCUT2D eigenvalue weighted by Crippen LogP contribution is -2.29. The third-order valence-electron chi connectivity index (χ3n) is 7.07. The zero-order chi connectivity index (χ0) is 25.0. The number of benzene rings is 2. The van der Waals surface area contributed by atoms with E-state index < -0.39 is 0 Å². The molecule has 0 bridgehead atoms. The summed E-state index contributed by atoms with van der Waals surface area (Å²) in [7, 11) is 0. The first-order valence-electron chi connectivity index (χ1n) is 12.8. The molecule has 5 aromatic rings. The highest BCUT2D eigenvalue weighted by molar-refractivity contribution is 5.91. The Kier molecular flexibility index (Phi) is 6.56. The maximum absolute atomic E-state index is 12.3. The fourth-order valence-electron chi connectivity index (χ4n) is 5.12. The molecule has 3 aromatic heterocycles. The van der Waals surface area contributed by atoms with Crippen molar-refractivity contribution in [3.05, 3.63) is 84.9 Å². The van der Waals surface area contributed by atoms with Crippen LogP contribution in [0.15, 0.2) is 79.4 Å². The van der Waals surface area contributed by atoms with E-state index in [1.54, 1.807) is 18.5 Å². The fraction of sp³-hybridized carbons (Fsp3) is 0.276. The Morgan fingerprint density at radius 2 is 1.84 bits per heavy atom. The second-order valence-electron chi connectivity index (χ2n) is 9.53. The van der Waals surface area contributed by atoms with Gasteiger partial charge >= 0.3 is 5.97 Å². The molecule has 2 N–H and O–H groups in total. The van der Waals surface area contributed by atoms with Crippen molar-refractivity contribution in [3.63, 3.8) is 0 Å². The van der Waals surface area contributed by atoms with Crippen LogP contribution in [-0.4, -0.2) is 44.8 Å². The topological polar surface area (TPSA) is 86.0 Å². The normalized spacial score (nSPS) is 14.3. The minimum atomic E-state index is -0.327. The molecule has 0 atom stereocenters. The van der Waals surface area contributed by atoms with Crippen LogP contribution in [0.25, 0.3) is 21.9 Å². The van der Waals surface area contributed by atoms with E-state index in [2.05, 4.69) is 55.6 Å². The van der Waals surface area contributed by atoms with Gasteiger partial charge in [-0.1, -0.05) is 18.2 Å². The van der Waals surface area contributed by atoms with Gasteiger partial charge in [0.15, 0.2) is 5.82 Å². The zero-order valence-electron chi connectivity index (χ0n) is 20.6. The number of hydrogen-bond donors (Lipinski definition) is 2. The SMILES string of the molecule is O=C(OCCn1ccc2ncnc(Nc3ccc4c(ccn4CC4CCNCC4)c3)c21)c1ccccc1. The Morgan fingerprint density at radius 3 is 2.70 bits per heavy atom. The minimum absolute atomic E-state index is 0.252. The second kappa shape index (κ2) is 10.4. The summed E-state index contributed by atoms with van der Waals surface area (Å²) in [4.78, 5) is 21.2. The van der Waals surface area contributed by atoms with Crippen LogP contribution in [0.2, 0.25) is 0 Å². The average molecular weight is 495 g/mol. The number of piperidine rings is 1. The van der Waals surface area contributed by atoms with Crippen LogP contribution in [0.4, 0.5) is 11.5 Å². The highest BCUT2D eigenvalue weighted by Gasteiger charge is 2.15. The average Bonchev–Trinajstić information content (AvgIpc) is 3.54. The first-order chi connectivity index (χ1) is 18.2. The van der Waals surface area contributed by atoms with E-state index in [4.69, 9.17) is 4.74 Å². The number of aromatic nitrogens is 4. The predicted octanol–water partition coefficient (Wildman–Crippen LogP) is 4.99. The standard InChI is InChI=1S/C29H30N6O2/c36-29(22-4-2-1-3-5-22)37-17-16-34-15-11-25-27(34)28(32-20-31-25)33-24-6-7-26-23(18-24)10-14-35(26)19-21-8-12-30-13-9-21/h1-7,10-11,14-15,18,20-21,30H,8-9,12-13,16-17,19H2,(H,31,32,33). The molecule has 0 spiro atoms. The summed E-state index contributed by atoms with van der Waals surface area (Å²) < 4.78 is 9.88. The number of carbonyl (C=O) groups is 1. The maximum atomic E-state index is 12.3. The van der Waals surface area contributed by atoms with Gasteiger partial charge in [-0.05, 0) is 74.3 Å². The molecule has 0 amide bonds. The van der Waals surface area contributed by atoms with Crippen molar-refractivity contribution in [2.75, 3.05) is 25.0 Å². The number of hydrogen-bond acceptors (Lipinski definition) is 6. The summed E-state index contributed by atoms with van der Waals surface area (Å²) in [6.07, 6.45) is 8.17. The fourth-order valence-corrected chi connectivity index (χ4v) is 5.12. The first kappa shape index (κ1) is 23.2. The molecule has 0 saturated carbocycles. The Hall–Kier alpha value is -4.17. The first-order valence-corrected chi connectivity index (χ1v) is 12.8. The summed E-state index contributed by atoms with van der Waals surface area (Å²) in [6.45, 7) is 4.04. The third-order valence-corrected chi connectivity index (χ3v) is 7.07. The molecule has 188 valence electrons. The van der Waals surface area contributed by atoms with Gasteiger partial charge in [0.25, 0.3) is 0 Å². The number of carbonyl (C=O) groups excluding carboxylic acids is 1. The van der Waals surface area contributed by atoms with Crippen molar-refractivity contribution in [2.45, 2.75) is 25.9 Å². The largest absolute Gasteiger partial charge is 0.460 e. The number of rotatable bonds is 8. The van der Waals surface area contributed by atoms with Crippen molar-refractivity contribution < 1.29 is 9.53 Å². The van der Waals surface area contributed by atoms with Crippen LogP contribution in [0.3, 0.4) is 0 Å². The van der Waals surface area contributed by atoms with E-state index in [0.29, 0.717) is 12.1 Å². The number of fused-ring (bicyclic) bond motifs is 2. The lowest BCUT2D eigenvalue weighted by molar-refractivity contribution is 0.0492. The smallest absolute Gasteiger partial charge is 0.338 e. The van der Waals surface area contributed by atoms with Crippen LogP contribution in [0.5, 0.6) is 0 Å².